The van der Waals surface area contributed by atoms with Gasteiger partial charge in [-0.15, -0.1) is 0 Å². The molecule has 5 heteroatoms. The highest BCUT2D eigenvalue weighted by atomic mass is 16.5. The largest absolute Gasteiger partial charge is 0.495 e. The first-order chi connectivity index (χ1) is 15.8. The predicted molar refractivity (Wildman–Crippen MR) is 132 cm³/mol. The molecule has 5 nitrogen and oxygen atoms in total. The molecule has 2 bridgehead atoms. The van der Waals surface area contributed by atoms with Crippen LogP contribution in [0.5, 0.6) is 5.75 Å². The van der Waals surface area contributed by atoms with E-state index in [1.165, 1.54) is 19.3 Å². The van der Waals surface area contributed by atoms with Crippen LogP contribution in [-0.4, -0.2) is 21.2 Å². The molecule has 1 aromatic carbocycles. The van der Waals surface area contributed by atoms with Crippen molar-refractivity contribution in [1.29, 1.82) is 0 Å². The highest BCUT2D eigenvalue weighted by Gasteiger charge is 2.60. The van der Waals surface area contributed by atoms with Crippen molar-refractivity contribution in [3.8, 4) is 5.75 Å². The topological polar surface area (TPSA) is 49.0 Å². The van der Waals surface area contributed by atoms with Crippen molar-refractivity contribution in [3.63, 3.8) is 0 Å². The highest BCUT2D eigenvalue weighted by Crippen LogP contribution is 2.67. The molecule has 2 aliphatic carbocycles. The molecule has 0 aliphatic heterocycles. The molecule has 2 fully saturated rings. The van der Waals surface area contributed by atoms with Gasteiger partial charge < -0.3 is 13.9 Å². The maximum Gasteiger partial charge on any atom is 0.260 e. The van der Waals surface area contributed by atoms with Crippen LogP contribution >= 0.6 is 0 Å². The Morgan fingerprint density at radius 3 is 2.61 bits per heavy atom. The third kappa shape index (κ3) is 2.77. The van der Waals surface area contributed by atoms with Crippen LogP contribution in [0, 0.1) is 16.7 Å². The molecule has 0 N–H and O–H groups in total. The molecule has 0 saturated heterocycles. The first kappa shape index (κ1) is 20.5. The molecular formula is C28H31N3O2. The number of ether oxygens (including phenoxy) is 1. The number of hydrogen-bond donors (Lipinski definition) is 0. The standard InChI is InChI=1S/C28H31N3O2/c1-27(2)19-8-12-28(3,16-19)26(27)30-15-11-21-23(25(30)32)20-6-5-7-22(33-4)24(20)31(21)17-18-9-13-29-14-10-18/h5-7,9-11,13-15,19,26H,8,12,16-17H2,1-4H3/t19-,26+,28-/m0/s1. The zero-order valence-corrected chi connectivity index (χ0v) is 19.8. The predicted octanol–water partition coefficient (Wildman–Crippen LogP) is 5.80. The SMILES string of the molecule is COc1cccc2c3c(=O)n([C@@H]4C(C)(C)[C@H]5CC[C@@]4(C)C5)ccc3n(Cc3ccncc3)c12. The minimum atomic E-state index is 0.109. The third-order valence-electron chi connectivity index (χ3n) is 8.71. The summed E-state index contributed by atoms with van der Waals surface area (Å²) in [6, 6.07) is 12.4. The van der Waals surface area contributed by atoms with Crippen molar-refractivity contribution in [2.45, 2.75) is 52.6 Å². The van der Waals surface area contributed by atoms with Gasteiger partial charge in [0, 0.05) is 36.6 Å². The Bertz CT molecular complexity index is 1430. The molecule has 0 radical (unpaired) electrons. The molecular weight excluding hydrogens is 410 g/mol. The smallest absolute Gasteiger partial charge is 0.260 e. The number of benzene rings is 1. The van der Waals surface area contributed by atoms with E-state index >= 15 is 0 Å². The van der Waals surface area contributed by atoms with Crippen molar-refractivity contribution in [2.24, 2.45) is 16.7 Å². The van der Waals surface area contributed by atoms with Crippen LogP contribution in [0.1, 0.15) is 51.6 Å². The zero-order chi connectivity index (χ0) is 23.0. The average Bonchev–Trinajstić information content (AvgIpc) is 3.41. The summed E-state index contributed by atoms with van der Waals surface area (Å²) in [5.41, 5.74) is 3.47. The molecule has 0 unspecified atom stereocenters. The molecule has 6 rings (SSSR count). The number of hydrogen-bond acceptors (Lipinski definition) is 3. The Labute approximate surface area is 194 Å². The molecule has 3 aromatic heterocycles. The number of fused-ring (bicyclic) bond motifs is 5. The minimum absolute atomic E-state index is 0.109. The monoisotopic (exact) mass is 441 g/mol. The second-order valence-corrected chi connectivity index (χ2v) is 10.9. The van der Waals surface area contributed by atoms with Gasteiger partial charge in [-0.2, -0.15) is 0 Å². The van der Waals surface area contributed by atoms with E-state index < -0.39 is 0 Å². The summed E-state index contributed by atoms with van der Waals surface area (Å²) in [6.45, 7) is 7.76. The van der Waals surface area contributed by atoms with Gasteiger partial charge in [0.15, 0.2) is 0 Å². The second kappa shape index (κ2) is 6.96. The van der Waals surface area contributed by atoms with Gasteiger partial charge in [0.2, 0.25) is 0 Å². The van der Waals surface area contributed by atoms with Gasteiger partial charge in [0.05, 0.1) is 23.5 Å². The van der Waals surface area contributed by atoms with Gasteiger partial charge >= 0.3 is 0 Å². The number of aromatic nitrogens is 3. The van der Waals surface area contributed by atoms with Crippen LogP contribution in [0.4, 0.5) is 0 Å². The van der Waals surface area contributed by atoms with E-state index in [0.717, 1.165) is 33.1 Å². The lowest BCUT2D eigenvalue weighted by atomic mass is 9.68. The van der Waals surface area contributed by atoms with E-state index in [-0.39, 0.29) is 22.4 Å². The van der Waals surface area contributed by atoms with Crippen molar-refractivity contribution >= 4 is 21.8 Å². The van der Waals surface area contributed by atoms with Crippen molar-refractivity contribution < 1.29 is 4.74 Å². The Balaban J connectivity index is 1.63. The highest BCUT2D eigenvalue weighted by molar-refractivity contribution is 6.09. The van der Waals surface area contributed by atoms with Gasteiger partial charge in [0.1, 0.15) is 5.75 Å². The molecule has 4 aromatic rings. The number of methoxy groups -OCH3 is 1. The van der Waals surface area contributed by atoms with E-state index in [0.29, 0.717) is 12.5 Å². The molecule has 0 spiro atoms. The maximum atomic E-state index is 14.2. The van der Waals surface area contributed by atoms with Crippen molar-refractivity contribution in [3.05, 3.63) is 70.9 Å². The van der Waals surface area contributed by atoms with Crippen LogP contribution in [0.2, 0.25) is 0 Å². The van der Waals surface area contributed by atoms with Crippen LogP contribution in [0.25, 0.3) is 21.8 Å². The molecule has 0 amide bonds. The van der Waals surface area contributed by atoms with Gasteiger partial charge in [-0.05, 0) is 65.8 Å². The normalized spacial score (nSPS) is 25.8. The first-order valence-corrected chi connectivity index (χ1v) is 11.9. The third-order valence-corrected chi connectivity index (χ3v) is 8.71. The Morgan fingerprint density at radius 1 is 1.12 bits per heavy atom. The Kier molecular flexibility index (Phi) is 4.33. The lowest BCUT2D eigenvalue weighted by Gasteiger charge is -2.43. The molecule has 3 heterocycles. The summed E-state index contributed by atoms with van der Waals surface area (Å²) in [4.78, 5) is 18.4. The van der Waals surface area contributed by atoms with Gasteiger partial charge in [-0.1, -0.05) is 32.9 Å². The summed E-state index contributed by atoms with van der Waals surface area (Å²) in [5, 5.41) is 1.76. The molecule has 2 saturated carbocycles. The number of pyridine rings is 2. The van der Waals surface area contributed by atoms with E-state index in [1.807, 2.05) is 36.7 Å². The summed E-state index contributed by atoms with van der Waals surface area (Å²) >= 11 is 0. The molecule has 3 atom stereocenters. The van der Waals surface area contributed by atoms with E-state index in [1.54, 1.807) is 7.11 Å². The number of rotatable bonds is 4. The lowest BCUT2D eigenvalue weighted by molar-refractivity contribution is 0.0811. The number of nitrogens with zero attached hydrogens (tertiary/aromatic N) is 3. The van der Waals surface area contributed by atoms with E-state index in [4.69, 9.17) is 4.74 Å². The lowest BCUT2D eigenvalue weighted by Crippen LogP contribution is -2.41. The first-order valence-electron chi connectivity index (χ1n) is 11.9. The van der Waals surface area contributed by atoms with E-state index in [9.17, 15) is 4.79 Å². The van der Waals surface area contributed by atoms with Crippen molar-refractivity contribution in [1.82, 2.24) is 14.1 Å². The fraction of sp³-hybridized carbons (Fsp3) is 0.429. The fourth-order valence-corrected chi connectivity index (χ4v) is 7.31. The average molecular weight is 442 g/mol. The van der Waals surface area contributed by atoms with Crippen LogP contribution in [0.15, 0.2) is 59.8 Å². The van der Waals surface area contributed by atoms with Gasteiger partial charge in [-0.25, -0.2) is 0 Å². The quantitative estimate of drug-likeness (QED) is 0.402. The van der Waals surface area contributed by atoms with E-state index in [2.05, 4.69) is 53.2 Å². The Hall–Kier alpha value is -3.08. The second-order valence-electron chi connectivity index (χ2n) is 10.9. The fourth-order valence-electron chi connectivity index (χ4n) is 7.31. The van der Waals surface area contributed by atoms with Crippen molar-refractivity contribution in [2.75, 3.05) is 7.11 Å². The summed E-state index contributed by atoms with van der Waals surface area (Å²) in [6.07, 6.45) is 9.37. The molecule has 33 heavy (non-hydrogen) atoms. The maximum absolute atomic E-state index is 14.2. The van der Waals surface area contributed by atoms with Gasteiger partial charge in [0.25, 0.3) is 5.56 Å². The Morgan fingerprint density at radius 2 is 1.91 bits per heavy atom. The zero-order valence-electron chi connectivity index (χ0n) is 19.8. The number of para-hydroxylation sites is 1. The van der Waals surface area contributed by atoms with Crippen LogP contribution < -0.4 is 10.3 Å². The van der Waals surface area contributed by atoms with Gasteiger partial charge in [-0.3, -0.25) is 9.78 Å². The van der Waals surface area contributed by atoms with Crippen LogP contribution in [0.3, 0.4) is 0 Å². The summed E-state index contributed by atoms with van der Waals surface area (Å²) in [7, 11) is 1.69. The van der Waals surface area contributed by atoms with Crippen LogP contribution in [-0.2, 0) is 6.54 Å². The summed E-state index contributed by atoms with van der Waals surface area (Å²) < 4.78 is 10.0. The summed E-state index contributed by atoms with van der Waals surface area (Å²) in [5.74, 6) is 1.47. The molecule has 2 aliphatic rings. The minimum Gasteiger partial charge on any atom is -0.495 e. The molecule has 170 valence electrons.